The second kappa shape index (κ2) is 7.13. The largest absolute Gasteiger partial charge is 0.502 e. The average Bonchev–Trinajstić information content (AvgIpc) is 3.64. The van der Waals surface area contributed by atoms with Gasteiger partial charge in [0.2, 0.25) is 5.43 Å². The molecule has 1 aromatic heterocycles. The second-order valence-corrected chi connectivity index (χ2v) is 10.4. The van der Waals surface area contributed by atoms with E-state index in [0.29, 0.717) is 13.2 Å². The molecule has 2 atom stereocenters. The Balaban J connectivity index is 1.53. The molecular weight excluding hydrogens is 450 g/mol. The van der Waals surface area contributed by atoms with Crippen LogP contribution in [-0.2, 0) is 10.5 Å². The number of ether oxygens (including phenoxy) is 1. The summed E-state index contributed by atoms with van der Waals surface area (Å²) in [6, 6.07) is 17.8. The molecule has 3 aromatic rings. The molecule has 1 saturated heterocycles. The first-order valence-electron chi connectivity index (χ1n) is 11.5. The maximum Gasteiger partial charge on any atom is 0.278 e. The smallest absolute Gasteiger partial charge is 0.278 e. The first kappa shape index (κ1) is 20.2. The zero-order valence-corrected chi connectivity index (χ0v) is 19.2. The van der Waals surface area contributed by atoms with Crippen molar-refractivity contribution in [3.63, 3.8) is 0 Å². The molecule has 34 heavy (non-hydrogen) atoms. The first-order chi connectivity index (χ1) is 16.6. The lowest BCUT2D eigenvalue weighted by Crippen LogP contribution is -2.70. The van der Waals surface area contributed by atoms with Gasteiger partial charge in [-0.05, 0) is 35.6 Å². The minimum Gasteiger partial charge on any atom is -0.502 e. The Labute approximate surface area is 200 Å². The summed E-state index contributed by atoms with van der Waals surface area (Å²) >= 11 is 1.80. The van der Waals surface area contributed by atoms with Crippen molar-refractivity contribution in [1.29, 1.82) is 0 Å². The second-order valence-electron chi connectivity index (χ2n) is 9.42. The number of aromatic nitrogens is 1. The lowest BCUT2D eigenvalue weighted by atomic mass is 9.93. The number of thioether (sulfide) groups is 1. The van der Waals surface area contributed by atoms with Crippen molar-refractivity contribution in [2.45, 2.75) is 41.2 Å². The van der Waals surface area contributed by atoms with Crippen molar-refractivity contribution in [2.24, 2.45) is 0 Å². The zero-order valence-electron chi connectivity index (χ0n) is 18.4. The molecule has 1 amide bonds. The van der Waals surface area contributed by atoms with Gasteiger partial charge in [-0.1, -0.05) is 42.5 Å². The van der Waals surface area contributed by atoms with Gasteiger partial charge in [0.25, 0.3) is 5.91 Å². The third kappa shape index (κ3) is 2.69. The molecule has 2 aromatic carbocycles. The molecule has 7 rings (SSSR count). The molecule has 0 radical (unpaired) electrons. The predicted molar refractivity (Wildman–Crippen MR) is 128 cm³/mol. The van der Waals surface area contributed by atoms with E-state index in [0.717, 1.165) is 29.7 Å². The summed E-state index contributed by atoms with van der Waals surface area (Å²) in [7, 11) is 0. The van der Waals surface area contributed by atoms with Crippen LogP contribution in [0.1, 0.15) is 46.1 Å². The Hall–Kier alpha value is -3.23. The molecular formula is C26H23N3O4S. The van der Waals surface area contributed by atoms with E-state index in [1.165, 1.54) is 16.5 Å². The van der Waals surface area contributed by atoms with Crippen molar-refractivity contribution >= 4 is 17.7 Å². The molecule has 0 unspecified atom stereocenters. The summed E-state index contributed by atoms with van der Waals surface area (Å²) in [5, 5.41) is 13.0. The van der Waals surface area contributed by atoms with Gasteiger partial charge in [-0.15, -0.1) is 11.8 Å². The predicted octanol–water partition coefficient (Wildman–Crippen LogP) is 3.23. The molecule has 1 N–H and O–H groups in total. The molecule has 4 heterocycles. The van der Waals surface area contributed by atoms with Crippen LogP contribution in [0.4, 0.5) is 0 Å². The number of aromatic hydroxyl groups is 1. The van der Waals surface area contributed by atoms with E-state index in [1.54, 1.807) is 22.6 Å². The number of pyridine rings is 1. The van der Waals surface area contributed by atoms with E-state index in [-0.39, 0.29) is 29.3 Å². The standard InChI is InChI=1S/C26H23N3O4S/c30-19-9-12-27-23(24(19)31)25(32)28-21(13-33-15-26(28)10-11-26)29(27)22-17-6-2-1-5-16(17)14-34-20-8-4-3-7-18(20)22/h1-9,12,21-22,31H,10-11,13-15H2/t21-,22+/m1/s1. The summed E-state index contributed by atoms with van der Waals surface area (Å²) in [6.07, 6.45) is 2.96. The van der Waals surface area contributed by atoms with Crippen LogP contribution in [0.15, 0.2) is 70.5 Å². The van der Waals surface area contributed by atoms with Crippen LogP contribution in [0, 0.1) is 0 Å². The van der Waals surface area contributed by atoms with Crippen LogP contribution in [-0.4, -0.2) is 45.5 Å². The maximum absolute atomic E-state index is 13.8. The normalized spacial score (nSPS) is 24.1. The first-order valence-corrected chi connectivity index (χ1v) is 12.5. The number of nitrogens with zero attached hydrogens (tertiary/aromatic N) is 3. The van der Waals surface area contributed by atoms with Crippen molar-refractivity contribution in [3.05, 3.63) is 93.4 Å². The summed E-state index contributed by atoms with van der Waals surface area (Å²) in [5.74, 6) is 0.0395. The van der Waals surface area contributed by atoms with Crippen LogP contribution < -0.4 is 10.4 Å². The van der Waals surface area contributed by atoms with Gasteiger partial charge in [0, 0.05) is 22.9 Å². The molecule has 0 bridgehead atoms. The third-order valence-corrected chi connectivity index (χ3v) is 8.65. The number of morpholine rings is 1. The van der Waals surface area contributed by atoms with Gasteiger partial charge in [0.15, 0.2) is 11.4 Å². The van der Waals surface area contributed by atoms with E-state index in [4.69, 9.17) is 4.74 Å². The fourth-order valence-corrected chi connectivity index (χ4v) is 6.83. The molecule has 1 spiro atoms. The summed E-state index contributed by atoms with van der Waals surface area (Å²) in [5.41, 5.74) is 2.61. The molecule has 3 aliphatic heterocycles. The molecule has 172 valence electrons. The Morgan fingerprint density at radius 1 is 1.00 bits per heavy atom. The highest BCUT2D eigenvalue weighted by Crippen LogP contribution is 2.50. The van der Waals surface area contributed by atoms with Gasteiger partial charge >= 0.3 is 0 Å². The van der Waals surface area contributed by atoms with E-state index in [2.05, 4.69) is 35.3 Å². The van der Waals surface area contributed by atoms with E-state index >= 15 is 0 Å². The minimum atomic E-state index is -0.548. The van der Waals surface area contributed by atoms with Crippen molar-refractivity contribution in [2.75, 3.05) is 18.2 Å². The fraction of sp³-hybridized carbons (Fsp3) is 0.308. The lowest BCUT2D eigenvalue weighted by Gasteiger charge is -2.54. The monoisotopic (exact) mass is 473 g/mol. The van der Waals surface area contributed by atoms with Gasteiger partial charge < -0.3 is 14.7 Å². The van der Waals surface area contributed by atoms with Crippen molar-refractivity contribution in [3.8, 4) is 5.75 Å². The topological polar surface area (TPSA) is 75.0 Å². The van der Waals surface area contributed by atoms with Crippen LogP contribution in [0.3, 0.4) is 0 Å². The number of fused-ring (bicyclic) bond motifs is 5. The number of hydrogen-bond acceptors (Lipinski definition) is 6. The highest BCUT2D eigenvalue weighted by Gasteiger charge is 2.60. The van der Waals surface area contributed by atoms with Crippen LogP contribution in [0.25, 0.3) is 0 Å². The van der Waals surface area contributed by atoms with Crippen LogP contribution in [0.5, 0.6) is 5.75 Å². The van der Waals surface area contributed by atoms with Crippen LogP contribution >= 0.6 is 11.8 Å². The average molecular weight is 474 g/mol. The van der Waals surface area contributed by atoms with Crippen molar-refractivity contribution in [1.82, 2.24) is 9.58 Å². The molecule has 8 heteroatoms. The SMILES string of the molecule is O=C1c2c(O)c(=O)ccn2N([C@H]2c3ccccc3CSc3ccccc32)[C@@H]2COCC3(CC3)N12. The van der Waals surface area contributed by atoms with Gasteiger partial charge in [-0.2, -0.15) is 0 Å². The highest BCUT2D eigenvalue weighted by atomic mass is 32.2. The Morgan fingerprint density at radius 3 is 2.59 bits per heavy atom. The highest BCUT2D eigenvalue weighted by molar-refractivity contribution is 7.98. The van der Waals surface area contributed by atoms with Crippen molar-refractivity contribution < 1.29 is 14.6 Å². The van der Waals surface area contributed by atoms with E-state index < -0.39 is 11.2 Å². The number of rotatable bonds is 1. The Morgan fingerprint density at radius 2 is 1.76 bits per heavy atom. The summed E-state index contributed by atoms with van der Waals surface area (Å²) < 4.78 is 7.78. The Kier molecular flexibility index (Phi) is 4.23. The molecule has 1 aliphatic carbocycles. The van der Waals surface area contributed by atoms with Crippen LogP contribution in [0.2, 0.25) is 0 Å². The molecule has 1 saturated carbocycles. The van der Waals surface area contributed by atoms with Gasteiger partial charge in [-0.3, -0.25) is 19.3 Å². The molecule has 4 aliphatic rings. The number of amides is 1. The third-order valence-electron chi connectivity index (χ3n) is 7.51. The maximum atomic E-state index is 13.8. The van der Waals surface area contributed by atoms with Gasteiger partial charge in [-0.25, -0.2) is 0 Å². The number of benzene rings is 2. The molecule has 2 fully saturated rings. The Bertz CT molecular complexity index is 1350. The lowest BCUT2D eigenvalue weighted by molar-refractivity contribution is -0.0617. The zero-order chi connectivity index (χ0) is 23.0. The van der Waals surface area contributed by atoms with Gasteiger partial charge in [0.1, 0.15) is 6.17 Å². The quantitative estimate of drug-likeness (QED) is 0.585. The number of carbonyl (C=O) groups is 1. The minimum absolute atomic E-state index is 0.0313. The van der Waals surface area contributed by atoms with Gasteiger partial charge in [0.05, 0.1) is 24.8 Å². The summed E-state index contributed by atoms with van der Waals surface area (Å²) in [4.78, 5) is 29.3. The van der Waals surface area contributed by atoms with E-state index in [9.17, 15) is 14.7 Å². The summed E-state index contributed by atoms with van der Waals surface area (Å²) in [6.45, 7) is 0.836. The fourth-order valence-electron chi connectivity index (χ4n) is 5.73. The number of carbonyl (C=O) groups excluding carboxylic acids is 1. The number of hydrogen-bond donors (Lipinski definition) is 1. The van der Waals surface area contributed by atoms with E-state index in [1.807, 2.05) is 23.1 Å². The molecule has 7 nitrogen and oxygen atoms in total.